The van der Waals surface area contributed by atoms with Crippen LogP contribution >= 0.6 is 24.8 Å². The zero-order valence-corrected chi connectivity index (χ0v) is 16.0. The molecule has 0 aromatic heterocycles. The monoisotopic (exact) mass is 378 g/mol. The predicted molar refractivity (Wildman–Crippen MR) is 101 cm³/mol. The molecule has 1 fully saturated rings. The number of fused-ring (bicyclic) bond motifs is 2. The fraction of sp³-hybridized carbons (Fsp3) is 0.200. The summed E-state index contributed by atoms with van der Waals surface area (Å²) in [6, 6.07) is 18.1. The molecule has 1 saturated heterocycles. The molecule has 3 heteroatoms. The van der Waals surface area contributed by atoms with Crippen LogP contribution in [0.5, 0.6) is 0 Å². The largest absolute Gasteiger partial charge is 0.147 e. The van der Waals surface area contributed by atoms with Crippen molar-refractivity contribution in [2.24, 2.45) is 0 Å². The molecule has 2 aliphatic carbocycles. The Morgan fingerprint density at radius 1 is 0.652 bits per heavy atom. The summed E-state index contributed by atoms with van der Waals surface area (Å²) in [5, 5.41) is 0. The quantitative estimate of drug-likeness (QED) is 0.532. The second-order valence-electron chi connectivity index (χ2n) is 6.66. The topological polar surface area (TPSA) is 0 Å². The van der Waals surface area contributed by atoms with E-state index in [-0.39, 0.29) is 24.8 Å². The summed E-state index contributed by atoms with van der Waals surface area (Å²) in [5.41, 5.74) is 6.17. The fourth-order valence-electron chi connectivity index (χ4n) is 4.46. The van der Waals surface area contributed by atoms with Gasteiger partial charge in [0.1, 0.15) is 0 Å². The molecule has 2 unspecified atom stereocenters. The molecule has 1 heterocycles. The Kier molecular flexibility index (Phi) is 4.64. The van der Waals surface area contributed by atoms with Crippen LogP contribution in [-0.4, -0.2) is 0 Å². The zero-order valence-electron chi connectivity index (χ0n) is 12.8. The van der Waals surface area contributed by atoms with E-state index in [1.54, 1.807) is 11.1 Å². The van der Waals surface area contributed by atoms with Crippen molar-refractivity contribution >= 4 is 37.0 Å². The molecule has 5 rings (SSSR count). The molecule has 23 heavy (non-hydrogen) atoms. The van der Waals surface area contributed by atoms with Gasteiger partial charge in [0, 0.05) is 0 Å². The molecular formula is C20H20Cl2Ti. The third kappa shape index (κ3) is 2.48. The van der Waals surface area contributed by atoms with Crippen LogP contribution in [0.4, 0.5) is 0 Å². The van der Waals surface area contributed by atoms with Crippen LogP contribution in [0.25, 0.3) is 12.2 Å². The Bertz CT molecular complexity index is 726. The molecule has 0 spiro atoms. The van der Waals surface area contributed by atoms with Gasteiger partial charge in [-0.3, -0.25) is 0 Å². The first-order chi connectivity index (χ1) is 10.4. The van der Waals surface area contributed by atoms with Crippen molar-refractivity contribution in [2.45, 2.75) is 17.9 Å². The average molecular weight is 379 g/mol. The summed E-state index contributed by atoms with van der Waals surface area (Å²) in [6.07, 6.45) is 9.81. The van der Waals surface area contributed by atoms with Gasteiger partial charge >= 0.3 is 130 Å². The van der Waals surface area contributed by atoms with Gasteiger partial charge in [0.15, 0.2) is 0 Å². The van der Waals surface area contributed by atoms with Gasteiger partial charge in [-0.25, -0.2) is 0 Å². The summed E-state index contributed by atoms with van der Waals surface area (Å²) < 4.78 is 4.63. The van der Waals surface area contributed by atoms with E-state index in [1.165, 1.54) is 20.6 Å². The number of halogens is 2. The Morgan fingerprint density at radius 2 is 1.09 bits per heavy atom. The van der Waals surface area contributed by atoms with Crippen molar-refractivity contribution in [2.75, 3.05) is 0 Å². The molecule has 0 saturated carbocycles. The van der Waals surface area contributed by atoms with Crippen LogP contribution in [0.15, 0.2) is 60.7 Å². The maximum atomic E-state index is 2.53. The Morgan fingerprint density at radius 3 is 1.52 bits per heavy atom. The van der Waals surface area contributed by atoms with Gasteiger partial charge in [-0.15, -0.1) is 24.8 Å². The normalized spacial score (nSPS) is 24.3. The van der Waals surface area contributed by atoms with Gasteiger partial charge in [0.05, 0.1) is 0 Å². The van der Waals surface area contributed by atoms with E-state index in [0.29, 0.717) is 0 Å². The van der Waals surface area contributed by atoms with E-state index in [2.05, 4.69) is 72.8 Å². The Hall–Kier alpha value is -0.786. The molecule has 2 atom stereocenters. The fourth-order valence-corrected chi connectivity index (χ4v) is 13.6. The number of hydrogen-bond donors (Lipinski definition) is 0. The van der Waals surface area contributed by atoms with Gasteiger partial charge in [0.25, 0.3) is 0 Å². The van der Waals surface area contributed by atoms with Crippen molar-refractivity contribution in [1.82, 2.24) is 0 Å². The van der Waals surface area contributed by atoms with Crippen LogP contribution in [-0.2, 0) is 16.6 Å². The van der Waals surface area contributed by atoms with Gasteiger partial charge in [0.2, 0.25) is 0 Å². The van der Waals surface area contributed by atoms with Crippen molar-refractivity contribution in [3.05, 3.63) is 82.9 Å². The number of allylic oxidation sites excluding steroid dienone is 2. The zero-order chi connectivity index (χ0) is 13.9. The van der Waals surface area contributed by atoms with Gasteiger partial charge in [-0.05, 0) is 0 Å². The minimum Gasteiger partial charge on any atom is -0.147 e. The molecule has 1 aliphatic heterocycles. The summed E-state index contributed by atoms with van der Waals surface area (Å²) in [4.78, 5) is 0. The van der Waals surface area contributed by atoms with Crippen LogP contribution in [0, 0.1) is 0 Å². The molecule has 2 aromatic rings. The van der Waals surface area contributed by atoms with E-state index in [1.807, 2.05) is 0 Å². The van der Waals surface area contributed by atoms with E-state index in [4.69, 9.17) is 0 Å². The number of benzene rings is 2. The minimum absolute atomic E-state index is 0. The summed E-state index contributed by atoms with van der Waals surface area (Å²) >= 11 is -1.85. The second kappa shape index (κ2) is 6.26. The van der Waals surface area contributed by atoms with Crippen LogP contribution in [0.1, 0.15) is 30.7 Å². The molecule has 0 radical (unpaired) electrons. The number of rotatable bonds is 2. The molecule has 0 bridgehead atoms. The summed E-state index contributed by atoms with van der Waals surface area (Å²) in [5.74, 6) is 0. The Labute approximate surface area is 153 Å². The maximum Gasteiger partial charge on any atom is -0.147 e. The predicted octanol–water partition coefficient (Wildman–Crippen LogP) is 6.37. The maximum absolute atomic E-state index is 2.53. The molecule has 0 nitrogen and oxygen atoms in total. The molecule has 0 amide bonds. The van der Waals surface area contributed by atoms with Crippen molar-refractivity contribution in [3.8, 4) is 0 Å². The smallest absolute Gasteiger partial charge is 0.147 e. The van der Waals surface area contributed by atoms with E-state index in [0.717, 1.165) is 8.45 Å². The third-order valence-corrected chi connectivity index (χ3v) is 13.7. The molecule has 118 valence electrons. The molecule has 2 aromatic carbocycles. The van der Waals surface area contributed by atoms with E-state index < -0.39 is 16.6 Å². The van der Waals surface area contributed by atoms with Crippen molar-refractivity contribution < 1.29 is 16.6 Å². The van der Waals surface area contributed by atoms with Crippen molar-refractivity contribution in [1.29, 1.82) is 0 Å². The molecule has 3 aliphatic rings. The van der Waals surface area contributed by atoms with Gasteiger partial charge in [-0.1, -0.05) is 0 Å². The van der Waals surface area contributed by atoms with E-state index >= 15 is 0 Å². The molecular weight excluding hydrogens is 359 g/mol. The standard InChI is InChI=1S/2C9H7.C2H4.2ClH.Ti/c2*1-2-5-9-7-3-6-8(9)4-1;1-2;;;/h2*1-7H;1-2H2;2*1H;. The van der Waals surface area contributed by atoms with E-state index in [9.17, 15) is 0 Å². The molecule has 0 N–H and O–H groups in total. The summed E-state index contributed by atoms with van der Waals surface area (Å²) in [6.45, 7) is 0. The average Bonchev–Trinajstić information content (AvgIpc) is 3.03. The first-order valence-electron chi connectivity index (χ1n) is 7.93. The number of hydrogen-bond acceptors (Lipinski definition) is 0. The van der Waals surface area contributed by atoms with Gasteiger partial charge in [-0.2, -0.15) is 0 Å². The summed E-state index contributed by atoms with van der Waals surface area (Å²) in [7, 11) is 0. The van der Waals surface area contributed by atoms with Crippen molar-refractivity contribution in [3.63, 3.8) is 0 Å². The third-order valence-electron chi connectivity index (χ3n) is 5.66. The van der Waals surface area contributed by atoms with Gasteiger partial charge < -0.3 is 0 Å². The first kappa shape index (κ1) is 17.1. The SMILES string of the molecule is C1=C[CH]([Ti]2([CH]3C=Cc4ccccc43)[CH2][CH2]2)c2ccccc21.Cl.Cl. The van der Waals surface area contributed by atoms with Crippen LogP contribution in [0.3, 0.4) is 0 Å². The minimum atomic E-state index is -1.85. The first-order valence-corrected chi connectivity index (χ1v) is 11.9. The van der Waals surface area contributed by atoms with Crippen LogP contribution < -0.4 is 0 Å². The Balaban J connectivity index is 0.000000781. The van der Waals surface area contributed by atoms with Crippen LogP contribution in [0.2, 0.25) is 9.45 Å². The second-order valence-corrected chi connectivity index (χ2v) is 14.0.